The van der Waals surface area contributed by atoms with E-state index in [0.29, 0.717) is 18.0 Å². The van der Waals surface area contributed by atoms with Gasteiger partial charge in [-0.25, -0.2) is 4.39 Å². The van der Waals surface area contributed by atoms with Gasteiger partial charge in [0.1, 0.15) is 5.82 Å². The summed E-state index contributed by atoms with van der Waals surface area (Å²) in [5.41, 5.74) is 1.62. The average molecular weight is 340 g/mol. The van der Waals surface area contributed by atoms with Crippen molar-refractivity contribution >= 4 is 15.9 Å². The van der Waals surface area contributed by atoms with Crippen LogP contribution in [0.2, 0.25) is 0 Å². The van der Waals surface area contributed by atoms with E-state index < -0.39 is 0 Å². The molecule has 0 saturated carbocycles. The molecule has 0 spiro atoms. The van der Waals surface area contributed by atoms with Crippen molar-refractivity contribution in [1.82, 2.24) is 15.1 Å². The highest BCUT2D eigenvalue weighted by Crippen LogP contribution is 2.23. The number of hydrogen-bond donors (Lipinski definition) is 1. The molecule has 1 aromatic heterocycles. The van der Waals surface area contributed by atoms with Crippen molar-refractivity contribution in [2.24, 2.45) is 0 Å². The zero-order valence-corrected chi connectivity index (χ0v) is 13.5. The van der Waals surface area contributed by atoms with E-state index in [1.165, 1.54) is 6.07 Å². The highest BCUT2D eigenvalue weighted by molar-refractivity contribution is 9.10. The lowest BCUT2D eigenvalue weighted by Crippen LogP contribution is -2.20. The van der Waals surface area contributed by atoms with Crippen LogP contribution >= 0.6 is 15.9 Å². The Morgan fingerprint density at radius 1 is 1.35 bits per heavy atom. The van der Waals surface area contributed by atoms with Gasteiger partial charge in [-0.1, -0.05) is 22.0 Å². The van der Waals surface area contributed by atoms with Gasteiger partial charge in [0, 0.05) is 34.7 Å². The molecule has 2 rings (SSSR count). The smallest absolute Gasteiger partial charge is 0.129 e. The normalized spacial score (nSPS) is 12.9. The molecule has 5 heteroatoms. The second-order valence-corrected chi connectivity index (χ2v) is 6.01. The fourth-order valence-electron chi connectivity index (χ4n) is 2.13. The Balaban J connectivity index is 2.19. The van der Waals surface area contributed by atoms with Crippen molar-refractivity contribution in [3.8, 4) is 0 Å². The Morgan fingerprint density at radius 2 is 2.10 bits per heavy atom. The van der Waals surface area contributed by atoms with Crippen molar-refractivity contribution in [3.63, 3.8) is 0 Å². The van der Waals surface area contributed by atoms with Gasteiger partial charge >= 0.3 is 0 Å². The van der Waals surface area contributed by atoms with E-state index in [-0.39, 0.29) is 11.9 Å². The fraction of sp³-hybridized carbons (Fsp3) is 0.400. The minimum absolute atomic E-state index is 0.0846. The molecule has 1 heterocycles. The summed E-state index contributed by atoms with van der Waals surface area (Å²) in [5, 5.41) is 7.68. The quantitative estimate of drug-likeness (QED) is 0.896. The third-order valence-corrected chi connectivity index (χ3v) is 3.79. The first-order chi connectivity index (χ1) is 9.51. The zero-order chi connectivity index (χ0) is 14.7. The molecule has 20 heavy (non-hydrogen) atoms. The second-order valence-electron chi connectivity index (χ2n) is 5.09. The van der Waals surface area contributed by atoms with Crippen LogP contribution in [0.4, 0.5) is 4.39 Å². The van der Waals surface area contributed by atoms with Crippen molar-refractivity contribution in [3.05, 3.63) is 52.0 Å². The van der Waals surface area contributed by atoms with Crippen molar-refractivity contribution in [2.45, 2.75) is 32.4 Å². The summed E-state index contributed by atoms with van der Waals surface area (Å²) in [7, 11) is 1.84. The summed E-state index contributed by atoms with van der Waals surface area (Å²) in [6.07, 6.45) is 2.62. The van der Waals surface area contributed by atoms with E-state index >= 15 is 0 Å². The number of nitrogens with zero attached hydrogens (tertiary/aromatic N) is 2. The Morgan fingerprint density at radius 3 is 2.65 bits per heavy atom. The first-order valence-electron chi connectivity index (χ1n) is 6.67. The lowest BCUT2D eigenvalue weighted by molar-refractivity contribution is 0.504. The van der Waals surface area contributed by atoms with E-state index in [1.807, 2.05) is 30.1 Å². The van der Waals surface area contributed by atoms with Crippen LogP contribution < -0.4 is 5.32 Å². The van der Waals surface area contributed by atoms with Gasteiger partial charge in [0.05, 0.1) is 5.69 Å². The highest BCUT2D eigenvalue weighted by Gasteiger charge is 2.16. The van der Waals surface area contributed by atoms with Gasteiger partial charge < -0.3 is 5.32 Å². The van der Waals surface area contributed by atoms with E-state index in [4.69, 9.17) is 0 Å². The van der Waals surface area contributed by atoms with Crippen LogP contribution in [-0.4, -0.2) is 16.8 Å². The first kappa shape index (κ1) is 15.2. The number of halogens is 2. The average Bonchev–Trinajstić information content (AvgIpc) is 2.85. The molecule has 0 fully saturated rings. The molecule has 1 N–H and O–H groups in total. The van der Waals surface area contributed by atoms with Gasteiger partial charge in [-0.15, -0.1) is 0 Å². The molecule has 0 saturated heterocycles. The van der Waals surface area contributed by atoms with Gasteiger partial charge in [0.15, 0.2) is 0 Å². The molecule has 108 valence electrons. The molecule has 0 aliphatic heterocycles. The predicted molar refractivity (Wildman–Crippen MR) is 82.2 cm³/mol. The molecule has 1 atom stereocenters. The summed E-state index contributed by atoms with van der Waals surface area (Å²) in [6, 6.07) is 7.39. The minimum atomic E-state index is -0.206. The third-order valence-electron chi connectivity index (χ3n) is 3.29. The van der Waals surface area contributed by atoms with Gasteiger partial charge in [-0.3, -0.25) is 4.68 Å². The Kier molecular flexibility index (Phi) is 4.94. The SMILES string of the molecule is CNC(Cc1ccn(C(C)C)n1)c1ccc(Br)cc1F. The lowest BCUT2D eigenvalue weighted by Gasteiger charge is -2.16. The van der Waals surface area contributed by atoms with E-state index in [9.17, 15) is 4.39 Å². The second kappa shape index (κ2) is 6.50. The molecular weight excluding hydrogens is 321 g/mol. The molecule has 1 aromatic carbocycles. The van der Waals surface area contributed by atoms with Gasteiger partial charge in [-0.05, 0) is 39.1 Å². The van der Waals surface area contributed by atoms with E-state index in [1.54, 1.807) is 6.07 Å². The minimum Gasteiger partial charge on any atom is -0.313 e. The Hall–Kier alpha value is -1.20. The Bertz CT molecular complexity index is 580. The highest BCUT2D eigenvalue weighted by atomic mass is 79.9. The zero-order valence-electron chi connectivity index (χ0n) is 11.9. The standard InChI is InChI=1S/C15H19BrFN3/c1-10(2)20-7-6-12(19-20)9-15(18-3)13-5-4-11(16)8-14(13)17/h4-8,10,15,18H,9H2,1-3H3. The lowest BCUT2D eigenvalue weighted by atomic mass is 10.0. The van der Waals surface area contributed by atoms with Crippen LogP contribution in [0.25, 0.3) is 0 Å². The first-order valence-corrected chi connectivity index (χ1v) is 7.46. The van der Waals surface area contributed by atoms with Crippen LogP contribution in [0.15, 0.2) is 34.9 Å². The molecule has 0 bridgehead atoms. The summed E-state index contributed by atoms with van der Waals surface area (Å²) >= 11 is 3.28. The Labute approximate surface area is 127 Å². The largest absolute Gasteiger partial charge is 0.313 e. The number of nitrogens with one attached hydrogen (secondary N) is 1. The van der Waals surface area contributed by atoms with Crippen LogP contribution in [0, 0.1) is 5.82 Å². The van der Waals surface area contributed by atoms with Gasteiger partial charge in [0.25, 0.3) is 0 Å². The maximum absolute atomic E-state index is 14.0. The number of likely N-dealkylation sites (N-methyl/N-ethyl adjacent to an activating group) is 1. The molecule has 1 unspecified atom stereocenters. The predicted octanol–water partition coefficient (Wildman–Crippen LogP) is 3.87. The van der Waals surface area contributed by atoms with Crippen molar-refractivity contribution < 1.29 is 4.39 Å². The maximum atomic E-state index is 14.0. The summed E-state index contributed by atoms with van der Waals surface area (Å²) in [5.74, 6) is -0.206. The fourth-order valence-corrected chi connectivity index (χ4v) is 2.47. The van der Waals surface area contributed by atoms with Crippen LogP contribution in [-0.2, 0) is 6.42 Å². The van der Waals surface area contributed by atoms with Crippen LogP contribution in [0.1, 0.15) is 37.2 Å². The molecule has 2 aromatic rings. The van der Waals surface area contributed by atoms with Crippen molar-refractivity contribution in [2.75, 3.05) is 7.05 Å². The van der Waals surface area contributed by atoms with Crippen molar-refractivity contribution in [1.29, 1.82) is 0 Å². The number of rotatable bonds is 5. The van der Waals surface area contributed by atoms with Crippen LogP contribution in [0.5, 0.6) is 0 Å². The van der Waals surface area contributed by atoms with Gasteiger partial charge in [-0.2, -0.15) is 5.10 Å². The third kappa shape index (κ3) is 3.46. The van der Waals surface area contributed by atoms with Crippen LogP contribution in [0.3, 0.4) is 0 Å². The molecular formula is C15H19BrFN3. The number of benzene rings is 1. The molecule has 0 amide bonds. The summed E-state index contributed by atoms with van der Waals surface area (Å²) in [6.45, 7) is 4.17. The molecule has 0 aliphatic rings. The number of aromatic nitrogens is 2. The van der Waals surface area contributed by atoms with E-state index in [0.717, 1.165) is 10.2 Å². The summed E-state index contributed by atoms with van der Waals surface area (Å²) < 4.78 is 16.7. The maximum Gasteiger partial charge on any atom is 0.129 e. The molecule has 0 aliphatic carbocycles. The number of hydrogen-bond acceptors (Lipinski definition) is 2. The summed E-state index contributed by atoms with van der Waals surface area (Å²) in [4.78, 5) is 0. The molecule has 3 nitrogen and oxygen atoms in total. The van der Waals surface area contributed by atoms with E-state index in [2.05, 4.69) is 40.2 Å². The monoisotopic (exact) mass is 339 g/mol. The molecule has 0 radical (unpaired) electrons. The van der Waals surface area contributed by atoms with Gasteiger partial charge in [0.2, 0.25) is 0 Å². The topological polar surface area (TPSA) is 29.9 Å².